The van der Waals surface area contributed by atoms with Crippen LogP contribution in [0.3, 0.4) is 0 Å². The molecule has 1 aliphatic heterocycles. The normalized spacial score (nSPS) is 20.8. The first-order chi connectivity index (χ1) is 9.36. The van der Waals surface area contributed by atoms with E-state index < -0.39 is 0 Å². The molecule has 0 aromatic heterocycles. The van der Waals surface area contributed by atoms with Crippen LogP contribution in [0.5, 0.6) is 0 Å². The van der Waals surface area contributed by atoms with Gasteiger partial charge in [-0.15, -0.1) is 0 Å². The lowest BCUT2D eigenvalue weighted by Gasteiger charge is -2.33. The van der Waals surface area contributed by atoms with Gasteiger partial charge in [0.05, 0.1) is 19.3 Å². The molecule has 4 nitrogen and oxygen atoms in total. The van der Waals surface area contributed by atoms with Crippen LogP contribution in [0.25, 0.3) is 0 Å². The fraction of sp³-hybridized carbons (Fsp3) is 1.00. The van der Waals surface area contributed by atoms with Crippen molar-refractivity contribution >= 4 is 11.8 Å². The lowest BCUT2D eigenvalue weighted by Crippen LogP contribution is -2.47. The lowest BCUT2D eigenvalue weighted by atomic mass is 10.2. The van der Waals surface area contributed by atoms with Gasteiger partial charge < -0.3 is 14.8 Å². The average Bonchev–Trinajstić information content (AvgIpc) is 2.43. The summed E-state index contributed by atoms with van der Waals surface area (Å²) in [5.74, 6) is 1.20. The number of thioether (sulfide) groups is 1. The third-order valence-electron chi connectivity index (χ3n) is 3.21. The Hall–Kier alpha value is 0.190. The predicted molar refractivity (Wildman–Crippen MR) is 83.2 cm³/mol. The van der Waals surface area contributed by atoms with Gasteiger partial charge in [0.1, 0.15) is 0 Å². The van der Waals surface area contributed by atoms with Crippen molar-refractivity contribution < 1.29 is 9.47 Å². The van der Waals surface area contributed by atoms with Gasteiger partial charge in [0.25, 0.3) is 0 Å². The first-order valence-corrected chi connectivity index (χ1v) is 8.87. The van der Waals surface area contributed by atoms with Crippen molar-refractivity contribution in [2.45, 2.75) is 25.9 Å². The van der Waals surface area contributed by atoms with Gasteiger partial charge in [-0.05, 0) is 31.4 Å². The van der Waals surface area contributed by atoms with Crippen LogP contribution < -0.4 is 5.32 Å². The van der Waals surface area contributed by atoms with Crippen molar-refractivity contribution in [3.63, 3.8) is 0 Å². The van der Waals surface area contributed by atoms with Gasteiger partial charge in [-0.1, -0.05) is 6.92 Å². The summed E-state index contributed by atoms with van der Waals surface area (Å²) in [5.41, 5.74) is 0. The molecule has 1 fully saturated rings. The first kappa shape index (κ1) is 17.2. The van der Waals surface area contributed by atoms with Crippen molar-refractivity contribution in [3.8, 4) is 0 Å². The highest BCUT2D eigenvalue weighted by molar-refractivity contribution is 7.98. The highest BCUT2D eigenvalue weighted by Gasteiger charge is 2.19. The summed E-state index contributed by atoms with van der Waals surface area (Å²) in [5, 5.41) is 3.43. The summed E-state index contributed by atoms with van der Waals surface area (Å²) < 4.78 is 11.4. The molecule has 0 radical (unpaired) electrons. The van der Waals surface area contributed by atoms with Gasteiger partial charge in [-0.25, -0.2) is 0 Å². The van der Waals surface area contributed by atoms with Crippen LogP contribution in [0.1, 0.15) is 19.8 Å². The number of ether oxygens (including phenoxy) is 2. The Morgan fingerprint density at radius 2 is 2.32 bits per heavy atom. The SMILES string of the molecule is CCCNCC1CN(CCOCCCSC)CCO1. The van der Waals surface area contributed by atoms with Crippen LogP contribution >= 0.6 is 11.8 Å². The lowest BCUT2D eigenvalue weighted by molar-refractivity contribution is -0.0347. The van der Waals surface area contributed by atoms with Gasteiger partial charge in [-0.3, -0.25) is 4.90 Å². The summed E-state index contributed by atoms with van der Waals surface area (Å²) in [6.07, 6.45) is 4.83. The molecule has 0 aromatic rings. The topological polar surface area (TPSA) is 33.7 Å². The van der Waals surface area contributed by atoms with Gasteiger partial charge in [0.15, 0.2) is 0 Å². The van der Waals surface area contributed by atoms with Crippen molar-refractivity contribution in [1.29, 1.82) is 0 Å². The smallest absolute Gasteiger partial charge is 0.0826 e. The fourth-order valence-corrected chi connectivity index (χ4v) is 2.55. The molecule has 19 heavy (non-hydrogen) atoms. The van der Waals surface area contributed by atoms with E-state index >= 15 is 0 Å². The molecule has 0 bridgehead atoms. The minimum absolute atomic E-state index is 0.344. The highest BCUT2D eigenvalue weighted by atomic mass is 32.2. The fourth-order valence-electron chi connectivity index (χ4n) is 2.15. The standard InChI is InChI=1S/C14H30N2O2S/c1-3-5-15-12-14-13-16(7-10-18-14)6-9-17-8-4-11-19-2/h14-15H,3-13H2,1-2H3. The summed E-state index contributed by atoms with van der Waals surface area (Å²) in [7, 11) is 0. The molecule has 1 N–H and O–H groups in total. The van der Waals surface area contributed by atoms with E-state index in [1.54, 1.807) is 0 Å². The zero-order chi connectivity index (χ0) is 13.8. The van der Waals surface area contributed by atoms with Crippen LogP contribution in [-0.4, -0.2) is 75.6 Å². The van der Waals surface area contributed by atoms with Crippen LogP contribution in [0.2, 0.25) is 0 Å². The largest absolute Gasteiger partial charge is 0.380 e. The molecule has 1 atom stereocenters. The quantitative estimate of drug-likeness (QED) is 0.583. The second-order valence-electron chi connectivity index (χ2n) is 4.96. The summed E-state index contributed by atoms with van der Waals surface area (Å²) in [6, 6.07) is 0. The summed E-state index contributed by atoms with van der Waals surface area (Å²) in [4.78, 5) is 2.45. The van der Waals surface area contributed by atoms with E-state index in [1.165, 1.54) is 12.2 Å². The Kier molecular flexibility index (Phi) is 10.9. The van der Waals surface area contributed by atoms with Crippen molar-refractivity contribution in [1.82, 2.24) is 10.2 Å². The zero-order valence-corrected chi connectivity index (χ0v) is 13.3. The molecule has 114 valence electrons. The van der Waals surface area contributed by atoms with Crippen molar-refractivity contribution in [2.24, 2.45) is 0 Å². The van der Waals surface area contributed by atoms with E-state index in [0.717, 1.165) is 59.0 Å². The molecule has 0 saturated carbocycles. The number of hydrogen-bond donors (Lipinski definition) is 1. The second kappa shape index (κ2) is 12.0. The first-order valence-electron chi connectivity index (χ1n) is 7.48. The summed E-state index contributed by atoms with van der Waals surface area (Å²) in [6.45, 7) is 9.95. The number of morpholine rings is 1. The maximum atomic E-state index is 5.77. The molecule has 1 aliphatic rings. The Bertz CT molecular complexity index is 208. The average molecular weight is 290 g/mol. The Labute approximate surface area is 122 Å². The van der Waals surface area contributed by atoms with Crippen LogP contribution in [0.4, 0.5) is 0 Å². The molecular formula is C14H30N2O2S. The molecule has 1 unspecified atom stereocenters. The van der Waals surface area contributed by atoms with Crippen LogP contribution in [-0.2, 0) is 9.47 Å². The van der Waals surface area contributed by atoms with Crippen LogP contribution in [0.15, 0.2) is 0 Å². The molecule has 0 aromatic carbocycles. The molecule has 0 spiro atoms. The minimum Gasteiger partial charge on any atom is -0.380 e. The highest BCUT2D eigenvalue weighted by Crippen LogP contribution is 2.04. The molecular weight excluding hydrogens is 260 g/mol. The van der Waals surface area contributed by atoms with Gasteiger partial charge >= 0.3 is 0 Å². The Morgan fingerprint density at radius 3 is 3.11 bits per heavy atom. The number of rotatable bonds is 11. The van der Waals surface area contributed by atoms with E-state index in [2.05, 4.69) is 23.4 Å². The zero-order valence-electron chi connectivity index (χ0n) is 12.5. The predicted octanol–water partition coefficient (Wildman–Crippen LogP) is 1.46. The van der Waals surface area contributed by atoms with E-state index in [9.17, 15) is 0 Å². The van der Waals surface area contributed by atoms with E-state index in [1.807, 2.05) is 11.8 Å². The second-order valence-corrected chi connectivity index (χ2v) is 5.94. The molecule has 0 aliphatic carbocycles. The van der Waals surface area contributed by atoms with Crippen molar-refractivity contribution in [2.75, 3.05) is 64.6 Å². The Morgan fingerprint density at radius 1 is 1.42 bits per heavy atom. The monoisotopic (exact) mass is 290 g/mol. The Balaban J connectivity index is 2.00. The molecule has 1 rings (SSSR count). The minimum atomic E-state index is 0.344. The van der Waals surface area contributed by atoms with E-state index in [0.29, 0.717) is 6.10 Å². The third kappa shape index (κ3) is 8.87. The van der Waals surface area contributed by atoms with Gasteiger partial charge in [-0.2, -0.15) is 11.8 Å². The van der Waals surface area contributed by atoms with E-state index in [-0.39, 0.29) is 0 Å². The van der Waals surface area contributed by atoms with Crippen LogP contribution in [0, 0.1) is 0 Å². The molecule has 1 saturated heterocycles. The molecule has 5 heteroatoms. The van der Waals surface area contributed by atoms with Crippen molar-refractivity contribution in [3.05, 3.63) is 0 Å². The molecule has 0 amide bonds. The number of nitrogens with zero attached hydrogens (tertiary/aromatic N) is 1. The van der Waals surface area contributed by atoms with Gasteiger partial charge in [0, 0.05) is 32.8 Å². The van der Waals surface area contributed by atoms with E-state index in [4.69, 9.17) is 9.47 Å². The van der Waals surface area contributed by atoms with Gasteiger partial charge in [0.2, 0.25) is 0 Å². The third-order valence-corrected chi connectivity index (χ3v) is 3.91. The number of nitrogens with one attached hydrogen (secondary N) is 1. The maximum absolute atomic E-state index is 5.77. The molecule has 1 heterocycles. The number of hydrogen-bond acceptors (Lipinski definition) is 5. The maximum Gasteiger partial charge on any atom is 0.0826 e. The summed E-state index contributed by atoms with van der Waals surface area (Å²) >= 11 is 1.88.